The number of Topliss-reactive ketones (excluding diaryl/α,β-unsaturated/α-hetero) is 1. The monoisotopic (exact) mass is 1210 g/mol. The topological polar surface area (TPSA) is 381 Å². The minimum absolute atomic E-state index is 0.0176. The van der Waals surface area contributed by atoms with Crippen LogP contribution in [-0.4, -0.2) is 111 Å². The molecule has 438 valence electrons. The molecule has 2 unspecified atom stereocenters. The van der Waals surface area contributed by atoms with Crippen molar-refractivity contribution >= 4 is 69.3 Å². The Morgan fingerprint density at radius 3 is 2.43 bits per heavy atom. The number of carbonyl (C=O) groups is 2. The van der Waals surface area contributed by atoms with Crippen LogP contribution < -0.4 is 35.3 Å². The summed E-state index contributed by atoms with van der Waals surface area (Å²) in [5, 5.41) is 36.0. The highest BCUT2D eigenvalue weighted by molar-refractivity contribution is 7.66. The average molecular weight is 1210 g/mol. The smallest absolute Gasteiger partial charge is 0.478 e. The number of hydrogen-bond donors (Lipinski definition) is 7. The third kappa shape index (κ3) is 11.3. The van der Waals surface area contributed by atoms with Gasteiger partial charge >= 0.3 is 29.4 Å². The predicted octanol–water partition coefficient (Wildman–Crippen LogP) is 5.04. The number of nitrogen functional groups attached to an aromatic ring is 1. The molecule has 6 aliphatic heterocycles. The van der Waals surface area contributed by atoms with Gasteiger partial charge in [-0.2, -0.15) is 18.6 Å². The van der Waals surface area contributed by atoms with E-state index in [1.54, 1.807) is 12.1 Å². The second kappa shape index (κ2) is 22.3. The van der Waals surface area contributed by atoms with Crippen LogP contribution in [0.15, 0.2) is 54.9 Å². The van der Waals surface area contributed by atoms with E-state index in [-0.39, 0.29) is 70.4 Å². The molecule has 6 aromatic rings. The molecule has 0 bridgehead atoms. The van der Waals surface area contributed by atoms with Crippen molar-refractivity contribution in [3.63, 3.8) is 0 Å². The van der Waals surface area contributed by atoms with Crippen molar-refractivity contribution in [2.45, 2.75) is 95.7 Å². The number of nitro groups is 1. The van der Waals surface area contributed by atoms with Crippen LogP contribution in [0.4, 0.5) is 17.3 Å². The number of aryl methyl sites for hydroxylation is 2. The number of aliphatic hydroxyl groups is 1. The molecule has 5 atom stereocenters. The lowest BCUT2D eigenvalue weighted by molar-refractivity contribution is -0.385. The zero-order valence-electron chi connectivity index (χ0n) is 44.5. The van der Waals surface area contributed by atoms with E-state index >= 15 is 0 Å². The van der Waals surface area contributed by atoms with Crippen LogP contribution in [0.5, 0.6) is 17.4 Å². The Bertz CT molecular complexity index is 4150. The van der Waals surface area contributed by atoms with Crippen molar-refractivity contribution in [3.05, 3.63) is 131 Å². The molecule has 8 N–H and O–H groups in total. The number of carbonyl (C=O) groups excluding carboxylic acids is 1. The van der Waals surface area contributed by atoms with Crippen LogP contribution in [0.3, 0.4) is 0 Å². The predicted molar refractivity (Wildman–Crippen MR) is 296 cm³/mol. The number of nitro benzene ring substituents is 1. The number of benzene rings is 4. The molecule has 12 rings (SSSR count). The molecule has 8 heterocycles. The van der Waals surface area contributed by atoms with Gasteiger partial charge in [0.25, 0.3) is 5.69 Å². The van der Waals surface area contributed by atoms with Gasteiger partial charge in [0.15, 0.2) is 16.9 Å². The van der Waals surface area contributed by atoms with Gasteiger partial charge in [-0.3, -0.25) is 24.0 Å². The van der Waals surface area contributed by atoms with Crippen molar-refractivity contribution in [1.29, 1.82) is 0 Å². The van der Waals surface area contributed by atoms with Crippen molar-refractivity contribution in [2.75, 3.05) is 43.4 Å². The molecule has 6 aliphatic rings. The molecule has 4 aromatic carbocycles. The van der Waals surface area contributed by atoms with E-state index < -0.39 is 66.0 Å². The van der Waals surface area contributed by atoms with E-state index in [4.69, 9.17) is 29.7 Å². The normalized spacial score (nSPS) is 20.1. The number of hydrogen-bond acceptors (Lipinski definition) is 19. The summed E-state index contributed by atoms with van der Waals surface area (Å²) >= 11 is 0. The van der Waals surface area contributed by atoms with Gasteiger partial charge in [0.1, 0.15) is 43.5 Å². The number of phosphoric acid groups is 3. The third-order valence-electron chi connectivity index (χ3n) is 15.6. The Kier molecular flexibility index (Phi) is 15.2. The molecular weight excluding hydrogens is 1160 g/mol. The SMILES string of the molecule is Nc1nc(OCc2ccc(C#CCCC(=O)c3ccc(C(=O)O)c(C4=c5cc6c7c(c5Oc5c4cc4c8c5CCCN8CCC4)CCC[N+]=7CCC6)c3)cc2[N+](=O)[O-])c2ncn([C@H]3C[C@@H](O)[C@@H](COP(=O)(O)OP(=O)(O)OP(=O)(O)O)O3)c2n1. The fourth-order valence-corrected chi connectivity index (χ4v) is 15.2. The van der Waals surface area contributed by atoms with Gasteiger partial charge in [-0.15, -0.1) is 0 Å². The number of ketones is 1. The van der Waals surface area contributed by atoms with Crippen molar-refractivity contribution in [1.82, 2.24) is 24.1 Å². The number of aromatic carboxylic acids is 1. The summed E-state index contributed by atoms with van der Waals surface area (Å²) in [5.41, 5.74) is 14.5. The number of aliphatic hydroxyl groups excluding tert-OH is 1. The van der Waals surface area contributed by atoms with Crippen LogP contribution in [0.1, 0.15) is 116 Å². The molecule has 1 fully saturated rings. The second-order valence-electron chi connectivity index (χ2n) is 21.1. The average Bonchev–Trinajstić information content (AvgIpc) is 2.46. The number of carboxylic acid groups (broad SMARTS) is 1. The lowest BCUT2D eigenvalue weighted by atomic mass is 9.81. The number of carboxylic acids is 1. The van der Waals surface area contributed by atoms with Crippen LogP contribution >= 0.6 is 23.5 Å². The molecule has 2 aromatic heterocycles. The molecule has 0 aliphatic carbocycles. The molecule has 1 saturated heterocycles. The molecule has 0 radical (unpaired) electrons. The Morgan fingerprint density at radius 2 is 1.65 bits per heavy atom. The largest absolute Gasteiger partial charge is 0.490 e. The first-order valence-electron chi connectivity index (χ1n) is 26.9. The van der Waals surface area contributed by atoms with Gasteiger partial charge < -0.3 is 54.6 Å². The number of ether oxygens (including phenoxy) is 3. The number of nitrogens with two attached hydrogens (primary N) is 1. The molecule has 0 spiro atoms. The lowest BCUT2D eigenvalue weighted by Gasteiger charge is -2.39. The van der Waals surface area contributed by atoms with Gasteiger partial charge in [-0.1, -0.05) is 17.9 Å². The minimum atomic E-state index is -5.80. The van der Waals surface area contributed by atoms with Crippen LogP contribution in [-0.2, 0) is 63.9 Å². The summed E-state index contributed by atoms with van der Waals surface area (Å²) in [7, 11) is -17.0. The summed E-state index contributed by atoms with van der Waals surface area (Å²) < 4.78 is 69.6. The number of nitrogens with zero attached hydrogens (tertiary/aromatic N) is 7. The third-order valence-corrected chi connectivity index (χ3v) is 19.4. The lowest BCUT2D eigenvalue weighted by Crippen LogP contribution is -2.45. The number of rotatable bonds is 17. The maximum Gasteiger partial charge on any atom is 0.490 e. The first-order chi connectivity index (χ1) is 40.1. The summed E-state index contributed by atoms with van der Waals surface area (Å²) in [5.74, 6) is 5.52. The summed E-state index contributed by atoms with van der Waals surface area (Å²) in [6, 6.07) is 13.4. The highest BCUT2D eigenvalue weighted by Crippen LogP contribution is 2.66. The van der Waals surface area contributed by atoms with Crippen molar-refractivity contribution < 1.29 is 85.3 Å². The Labute approximate surface area is 476 Å². The van der Waals surface area contributed by atoms with E-state index in [1.807, 2.05) is 0 Å². The maximum atomic E-state index is 14.2. The number of anilines is 2. The molecule has 0 amide bonds. The number of imidazole rings is 1. The highest BCUT2D eigenvalue weighted by atomic mass is 31.3. The van der Waals surface area contributed by atoms with E-state index in [0.29, 0.717) is 11.1 Å². The van der Waals surface area contributed by atoms with Gasteiger partial charge in [0, 0.05) is 95.6 Å². The highest BCUT2D eigenvalue weighted by Gasteiger charge is 2.44. The molecule has 0 saturated carbocycles. The van der Waals surface area contributed by atoms with Crippen LogP contribution in [0.2, 0.25) is 0 Å². The van der Waals surface area contributed by atoms with E-state index in [2.05, 4.69) is 61.5 Å². The summed E-state index contributed by atoms with van der Waals surface area (Å²) in [4.78, 5) is 91.1. The zero-order valence-corrected chi connectivity index (χ0v) is 47.2. The van der Waals surface area contributed by atoms with E-state index in [9.17, 15) is 53.4 Å². The van der Waals surface area contributed by atoms with Gasteiger partial charge in [0.05, 0.1) is 40.7 Å². The Balaban J connectivity index is 0.757. The van der Waals surface area contributed by atoms with E-state index in [0.717, 1.165) is 117 Å². The zero-order chi connectivity index (χ0) is 59.0. The van der Waals surface area contributed by atoms with Crippen molar-refractivity contribution in [2.24, 2.45) is 0 Å². The molecule has 30 heteroatoms. The summed E-state index contributed by atoms with van der Waals surface area (Å²) in [6.45, 7) is 2.55. The Morgan fingerprint density at radius 1 is 0.893 bits per heavy atom. The van der Waals surface area contributed by atoms with Gasteiger partial charge in [-0.25, -0.2) is 28.0 Å². The first-order valence-corrected chi connectivity index (χ1v) is 31.5. The molecule has 27 nitrogen and oxygen atoms in total. The van der Waals surface area contributed by atoms with E-state index in [1.165, 1.54) is 57.3 Å². The maximum absolute atomic E-state index is 14.2. The minimum Gasteiger partial charge on any atom is -0.478 e. The Hall–Kier alpha value is -7.27. The summed E-state index contributed by atoms with van der Waals surface area (Å²) in [6.07, 6.45) is 4.63. The standard InChI is InChI=1S/C54H53N8O19P3/c55-54-57-51-46(56-28-61(51)44-25-42(64)43(78-44)27-77-83(72,73)81-84(74,75)80-82(69,70)71)52(58-54)76-26-33-14-13-29(21-40(33)62(67)68)7-1-2-12-41(63)30-15-16-34(53(65)66)37(22-30)45-38-23-31-8-3-17-59-19-5-10-35(47(31)59)49(38)79-50-36-11-6-20-60-18-4-9-32(48(36)60)24-39(45)50/h13-16,21-24,28,42-44,64H,2-6,8-12,17-20,25-27H2,(H6-,55,57,58,65,66,69,70,71,72,73,74,75)/p+1/t42-,43-,44-/m1/s1. The van der Waals surface area contributed by atoms with Crippen LogP contribution in [0, 0.1) is 22.0 Å². The van der Waals surface area contributed by atoms with Gasteiger partial charge in [-0.05, 0) is 86.1 Å². The second-order valence-corrected chi connectivity index (χ2v) is 25.5. The quantitative estimate of drug-likeness (QED) is 0.0157. The molecular formula is C54H54N8O19P3+. The van der Waals surface area contributed by atoms with Crippen LogP contribution in [0.25, 0.3) is 16.7 Å². The fourth-order valence-electron chi connectivity index (χ4n) is 12.2. The number of fused-ring (bicyclic) bond motifs is 5. The van der Waals surface area contributed by atoms with Crippen molar-refractivity contribution in [3.8, 4) is 29.2 Å². The number of aromatic nitrogens is 4. The number of phosphoric ester groups is 1. The first kappa shape index (κ1) is 57.2. The molecule has 84 heavy (non-hydrogen) atoms. The van der Waals surface area contributed by atoms with Gasteiger partial charge in [0.2, 0.25) is 17.2 Å². The fraction of sp³-hybridized carbons (Fsp3) is 0.370.